The molecule has 0 heterocycles. The SMILES string of the molecule is O=P(O)(O)OC(Cl)(Cl)COc1ccccc1. The molecule has 0 saturated carbocycles. The summed E-state index contributed by atoms with van der Waals surface area (Å²) in [7, 11) is -4.75. The van der Waals surface area contributed by atoms with Crippen LogP contribution in [0.1, 0.15) is 0 Å². The molecule has 1 aromatic carbocycles. The highest BCUT2D eigenvalue weighted by molar-refractivity contribution is 7.46. The van der Waals surface area contributed by atoms with Gasteiger partial charge in [-0.05, 0) is 12.1 Å². The Bertz CT molecular complexity index is 377. The summed E-state index contributed by atoms with van der Waals surface area (Å²) in [6.45, 7) is -0.411. The van der Waals surface area contributed by atoms with E-state index in [9.17, 15) is 4.57 Å². The van der Waals surface area contributed by atoms with E-state index in [1.165, 1.54) is 0 Å². The number of hydrogen-bond acceptors (Lipinski definition) is 3. The van der Waals surface area contributed by atoms with Crippen molar-refractivity contribution in [1.29, 1.82) is 0 Å². The van der Waals surface area contributed by atoms with Crippen LogP contribution in [0.2, 0.25) is 0 Å². The van der Waals surface area contributed by atoms with Gasteiger partial charge in [-0.1, -0.05) is 41.4 Å². The molecule has 0 aromatic heterocycles. The fourth-order valence-electron chi connectivity index (χ4n) is 0.884. The summed E-state index contributed by atoms with van der Waals surface area (Å²) in [6.07, 6.45) is 0. The highest BCUT2D eigenvalue weighted by atomic mass is 35.5. The van der Waals surface area contributed by atoms with Crippen LogP contribution >= 0.6 is 31.0 Å². The Morgan fingerprint density at radius 1 is 1.25 bits per heavy atom. The number of para-hydroxylation sites is 1. The lowest BCUT2D eigenvalue weighted by Crippen LogP contribution is -2.25. The summed E-state index contributed by atoms with van der Waals surface area (Å²) >= 11 is 11.0. The second kappa shape index (κ2) is 5.36. The summed E-state index contributed by atoms with van der Waals surface area (Å²) in [5, 5.41) is 0. The van der Waals surface area contributed by atoms with Crippen LogP contribution in [0.15, 0.2) is 30.3 Å². The van der Waals surface area contributed by atoms with E-state index in [1.54, 1.807) is 30.3 Å². The highest BCUT2D eigenvalue weighted by Gasteiger charge is 2.35. The number of phosphoric ester groups is 1. The Balaban J connectivity index is 2.51. The molecule has 0 spiro atoms. The number of ether oxygens (including phenoxy) is 1. The lowest BCUT2D eigenvalue weighted by atomic mass is 10.3. The smallest absolute Gasteiger partial charge is 0.472 e. The molecule has 0 saturated heterocycles. The first kappa shape index (κ1) is 13.8. The molecular formula is C8H9Cl2O5P. The van der Waals surface area contributed by atoms with Crippen LogP contribution < -0.4 is 4.74 Å². The second-order valence-electron chi connectivity index (χ2n) is 2.82. The van der Waals surface area contributed by atoms with Crippen LogP contribution in [0.4, 0.5) is 0 Å². The van der Waals surface area contributed by atoms with Crippen molar-refractivity contribution in [3.8, 4) is 5.75 Å². The molecule has 0 bridgehead atoms. The van der Waals surface area contributed by atoms with Gasteiger partial charge in [0.25, 0.3) is 4.52 Å². The zero-order valence-electron chi connectivity index (χ0n) is 7.92. The summed E-state index contributed by atoms with van der Waals surface area (Å²) < 4.78 is 17.6. The molecule has 5 nitrogen and oxygen atoms in total. The molecule has 0 aliphatic heterocycles. The zero-order valence-corrected chi connectivity index (χ0v) is 10.3. The number of phosphoric acid groups is 1. The molecule has 0 atom stereocenters. The molecule has 0 radical (unpaired) electrons. The number of alkyl halides is 2. The van der Waals surface area contributed by atoms with Crippen LogP contribution in [0.3, 0.4) is 0 Å². The van der Waals surface area contributed by atoms with Crippen LogP contribution in [-0.4, -0.2) is 20.9 Å². The predicted molar refractivity (Wildman–Crippen MR) is 59.5 cm³/mol. The van der Waals surface area contributed by atoms with Gasteiger partial charge in [-0.2, -0.15) is 0 Å². The molecule has 0 aliphatic rings. The number of rotatable bonds is 5. The molecule has 2 N–H and O–H groups in total. The molecule has 8 heteroatoms. The molecule has 90 valence electrons. The van der Waals surface area contributed by atoms with E-state index in [2.05, 4.69) is 4.52 Å². The first-order chi connectivity index (χ1) is 7.29. The van der Waals surface area contributed by atoms with Crippen molar-refractivity contribution in [1.82, 2.24) is 0 Å². The third kappa shape index (κ3) is 5.70. The van der Waals surface area contributed by atoms with Crippen molar-refractivity contribution in [2.45, 2.75) is 4.52 Å². The first-order valence-corrected chi connectivity index (χ1v) is 6.39. The van der Waals surface area contributed by atoms with E-state index in [-0.39, 0.29) is 0 Å². The molecular weight excluding hydrogens is 278 g/mol. The van der Waals surface area contributed by atoms with Crippen molar-refractivity contribution in [3.63, 3.8) is 0 Å². The van der Waals surface area contributed by atoms with Gasteiger partial charge in [-0.3, -0.25) is 0 Å². The molecule has 16 heavy (non-hydrogen) atoms. The maximum absolute atomic E-state index is 10.5. The topological polar surface area (TPSA) is 76.0 Å². The average Bonchev–Trinajstić information content (AvgIpc) is 2.13. The van der Waals surface area contributed by atoms with Gasteiger partial charge in [-0.15, -0.1) is 0 Å². The third-order valence-electron chi connectivity index (χ3n) is 1.40. The van der Waals surface area contributed by atoms with E-state index in [4.69, 9.17) is 37.7 Å². The third-order valence-corrected chi connectivity index (χ3v) is 2.54. The molecule has 1 aromatic rings. The van der Waals surface area contributed by atoms with Gasteiger partial charge in [0.05, 0.1) is 0 Å². The molecule has 0 fully saturated rings. The van der Waals surface area contributed by atoms with Crippen LogP contribution in [0, 0.1) is 0 Å². The Morgan fingerprint density at radius 2 is 1.81 bits per heavy atom. The first-order valence-electron chi connectivity index (χ1n) is 4.10. The Labute approximate surface area is 102 Å². The van der Waals surface area contributed by atoms with E-state index in [1.807, 2.05) is 0 Å². The van der Waals surface area contributed by atoms with Crippen molar-refractivity contribution < 1.29 is 23.6 Å². The van der Waals surface area contributed by atoms with Crippen molar-refractivity contribution in [3.05, 3.63) is 30.3 Å². The lowest BCUT2D eigenvalue weighted by molar-refractivity contribution is 0.112. The summed E-state index contributed by atoms with van der Waals surface area (Å²) in [4.78, 5) is 17.0. The van der Waals surface area contributed by atoms with E-state index >= 15 is 0 Å². The lowest BCUT2D eigenvalue weighted by Gasteiger charge is -2.20. The maximum atomic E-state index is 10.5. The Morgan fingerprint density at radius 3 is 2.31 bits per heavy atom. The molecule has 0 unspecified atom stereocenters. The normalized spacial score (nSPS) is 12.5. The Hall–Kier alpha value is -0.290. The summed E-state index contributed by atoms with van der Waals surface area (Å²) in [5.41, 5.74) is 0. The molecule has 0 amide bonds. The van der Waals surface area contributed by atoms with E-state index in [0.717, 1.165) is 0 Å². The van der Waals surface area contributed by atoms with Crippen LogP contribution in [0.25, 0.3) is 0 Å². The molecule has 1 rings (SSSR count). The van der Waals surface area contributed by atoms with Gasteiger partial charge in [0, 0.05) is 0 Å². The fraction of sp³-hybridized carbons (Fsp3) is 0.250. The van der Waals surface area contributed by atoms with Gasteiger partial charge in [0.2, 0.25) is 0 Å². The monoisotopic (exact) mass is 286 g/mol. The van der Waals surface area contributed by atoms with Gasteiger partial charge in [0.1, 0.15) is 12.4 Å². The maximum Gasteiger partial charge on any atom is 0.472 e. The molecule has 0 aliphatic carbocycles. The van der Waals surface area contributed by atoms with Crippen molar-refractivity contribution in [2.75, 3.05) is 6.61 Å². The average molecular weight is 287 g/mol. The minimum atomic E-state index is -4.75. The van der Waals surface area contributed by atoms with E-state index in [0.29, 0.717) is 5.75 Å². The predicted octanol–water partition coefficient (Wildman–Crippen LogP) is 2.31. The summed E-state index contributed by atoms with van der Waals surface area (Å²) in [5.74, 6) is 0.461. The Kier molecular flexibility index (Phi) is 4.62. The number of hydrogen-bond donors (Lipinski definition) is 2. The van der Waals surface area contributed by atoms with Gasteiger partial charge in [-0.25, -0.2) is 9.09 Å². The highest BCUT2D eigenvalue weighted by Crippen LogP contribution is 2.44. The largest absolute Gasteiger partial charge is 0.488 e. The van der Waals surface area contributed by atoms with Gasteiger partial charge < -0.3 is 14.5 Å². The zero-order chi connectivity index (χ0) is 12.2. The standard InChI is InChI=1S/C8H9Cl2O5P/c9-8(10,15-16(11,12)13)6-14-7-4-2-1-3-5-7/h1-5H,6H2,(H2,11,12,13). The van der Waals surface area contributed by atoms with Crippen LogP contribution in [0.5, 0.6) is 5.75 Å². The van der Waals surface area contributed by atoms with Crippen LogP contribution in [-0.2, 0) is 9.09 Å². The van der Waals surface area contributed by atoms with E-state index < -0.39 is 18.9 Å². The van der Waals surface area contributed by atoms with Gasteiger partial charge >= 0.3 is 7.82 Å². The number of benzene rings is 1. The van der Waals surface area contributed by atoms with Crippen molar-refractivity contribution >= 4 is 31.0 Å². The summed E-state index contributed by atoms with van der Waals surface area (Å²) in [6, 6.07) is 8.52. The second-order valence-corrected chi connectivity index (χ2v) is 5.40. The minimum absolute atomic E-state index is 0.411. The fourth-order valence-corrected chi connectivity index (χ4v) is 1.93. The van der Waals surface area contributed by atoms with Crippen molar-refractivity contribution in [2.24, 2.45) is 0 Å². The minimum Gasteiger partial charge on any atom is -0.488 e. The number of halogens is 2. The quantitative estimate of drug-likeness (QED) is 0.642. The van der Waals surface area contributed by atoms with Gasteiger partial charge in [0.15, 0.2) is 0 Å².